The minimum Gasteiger partial charge on any atom is -0.507 e. The van der Waals surface area contributed by atoms with Gasteiger partial charge < -0.3 is 30.2 Å². The van der Waals surface area contributed by atoms with E-state index in [9.17, 15) is 41.9 Å². The van der Waals surface area contributed by atoms with Crippen LogP contribution >= 0.6 is 0 Å². The fourth-order valence-corrected chi connectivity index (χ4v) is 6.40. The molecule has 16 heteroatoms. The summed E-state index contributed by atoms with van der Waals surface area (Å²) in [7, 11) is -1.28. The third kappa shape index (κ3) is 8.46. The van der Waals surface area contributed by atoms with Gasteiger partial charge in [-0.15, -0.1) is 0 Å². The standard InChI is InChI=1S/C36H35FN4O10S/c1-38-35(46)33-26-14-25(21-7-8-21)27(15-30(26)51-34(33)22-9-11-24(37)12-10-22)41(52(3,49)50)19-32(45)40(2)18-31(44)39-17-20-5-4-6-23(13-20)28(42)16-29(43)36(47)48/h4-6,9-16,21,42H,7-8,17-19H2,1-3H3,(H,38,46)(H,39,44)(H,47,48)/b28-16-. The van der Waals surface area contributed by atoms with E-state index in [0.29, 0.717) is 28.2 Å². The summed E-state index contributed by atoms with van der Waals surface area (Å²) in [5, 5.41) is 24.5. The van der Waals surface area contributed by atoms with Gasteiger partial charge in [0.25, 0.3) is 11.7 Å². The Bertz CT molecular complexity index is 2230. The van der Waals surface area contributed by atoms with Gasteiger partial charge in [-0.25, -0.2) is 17.6 Å². The molecule has 52 heavy (non-hydrogen) atoms. The molecule has 4 aromatic rings. The zero-order valence-electron chi connectivity index (χ0n) is 28.3. The molecular formula is C36H35FN4O10S. The first kappa shape index (κ1) is 37.2. The number of hydrogen-bond acceptors (Lipinski definition) is 9. The van der Waals surface area contributed by atoms with Crippen molar-refractivity contribution in [3.05, 3.63) is 94.8 Å². The van der Waals surface area contributed by atoms with Crippen molar-refractivity contribution in [2.75, 3.05) is 37.7 Å². The highest BCUT2D eigenvalue weighted by atomic mass is 32.2. The molecule has 1 aromatic heterocycles. The molecule has 14 nitrogen and oxygen atoms in total. The number of benzene rings is 3. The van der Waals surface area contributed by atoms with E-state index < -0.39 is 64.2 Å². The topological polar surface area (TPSA) is 204 Å². The van der Waals surface area contributed by atoms with Crippen LogP contribution in [0, 0.1) is 5.82 Å². The molecule has 0 bridgehead atoms. The molecule has 0 atom stereocenters. The molecule has 0 saturated heterocycles. The van der Waals surface area contributed by atoms with Crippen molar-refractivity contribution >= 4 is 61.9 Å². The monoisotopic (exact) mass is 734 g/mol. The Morgan fingerprint density at radius 1 is 1.00 bits per heavy atom. The van der Waals surface area contributed by atoms with Crippen molar-refractivity contribution in [1.29, 1.82) is 0 Å². The molecule has 0 unspecified atom stereocenters. The highest BCUT2D eigenvalue weighted by Gasteiger charge is 2.34. The van der Waals surface area contributed by atoms with Crippen LogP contribution in [0.1, 0.15) is 45.8 Å². The Kier molecular flexibility index (Phi) is 10.8. The van der Waals surface area contributed by atoms with Gasteiger partial charge in [-0.2, -0.15) is 0 Å². The minimum atomic E-state index is -4.08. The van der Waals surface area contributed by atoms with Crippen LogP contribution in [-0.2, 0) is 35.7 Å². The molecule has 272 valence electrons. The summed E-state index contributed by atoms with van der Waals surface area (Å²) in [6.45, 7) is -1.13. The molecule has 4 N–H and O–H groups in total. The number of aliphatic hydroxyl groups excluding tert-OH is 1. The van der Waals surface area contributed by atoms with Crippen LogP contribution in [0.4, 0.5) is 10.1 Å². The smallest absolute Gasteiger partial charge is 0.376 e. The molecule has 1 aliphatic rings. The third-order valence-corrected chi connectivity index (χ3v) is 9.49. The molecule has 0 aliphatic heterocycles. The van der Waals surface area contributed by atoms with E-state index in [4.69, 9.17) is 9.52 Å². The normalized spacial score (nSPS) is 13.0. The van der Waals surface area contributed by atoms with Crippen molar-refractivity contribution < 1.29 is 51.4 Å². The Balaban J connectivity index is 1.36. The number of rotatable bonds is 14. The SMILES string of the molecule is CNC(=O)c1c(-c2ccc(F)cc2)oc2cc(N(CC(=O)N(C)CC(=O)NCc3cccc(/C(O)=C/C(=O)C(=O)O)c3)S(C)(=O)=O)c(C3CC3)cc12. The molecule has 0 spiro atoms. The predicted molar refractivity (Wildman–Crippen MR) is 188 cm³/mol. The molecule has 1 aliphatic carbocycles. The summed E-state index contributed by atoms with van der Waals surface area (Å²) in [6.07, 6.45) is 3.02. The second-order valence-corrected chi connectivity index (χ2v) is 14.2. The zero-order valence-corrected chi connectivity index (χ0v) is 29.1. The second-order valence-electron chi connectivity index (χ2n) is 12.3. The summed E-state index contributed by atoms with van der Waals surface area (Å²) in [5.41, 5.74) is 2.21. The van der Waals surface area contributed by atoms with E-state index in [2.05, 4.69) is 10.6 Å². The fraction of sp³-hybridized carbons (Fsp3) is 0.250. The third-order valence-electron chi connectivity index (χ3n) is 8.36. The Morgan fingerprint density at radius 3 is 2.31 bits per heavy atom. The number of carboxylic acids is 1. The number of halogens is 1. The lowest BCUT2D eigenvalue weighted by Gasteiger charge is -2.27. The number of nitrogens with zero attached hydrogens (tertiary/aromatic N) is 2. The number of likely N-dealkylation sites (N-methyl/N-ethyl adjacent to an activating group) is 1. The van der Waals surface area contributed by atoms with Crippen molar-refractivity contribution in [2.24, 2.45) is 0 Å². The largest absolute Gasteiger partial charge is 0.507 e. The number of nitrogens with one attached hydrogen (secondary N) is 2. The number of anilines is 1. The number of carboxylic acid groups (broad SMARTS) is 1. The number of hydrogen-bond donors (Lipinski definition) is 4. The number of aliphatic hydroxyl groups is 1. The van der Waals surface area contributed by atoms with E-state index in [1.807, 2.05) is 0 Å². The number of sulfonamides is 1. The Labute approximate surface area is 297 Å². The fourth-order valence-electron chi connectivity index (χ4n) is 5.54. The average Bonchev–Trinajstić information content (AvgIpc) is 3.88. The summed E-state index contributed by atoms with van der Waals surface area (Å²) < 4.78 is 47.2. The van der Waals surface area contributed by atoms with Gasteiger partial charge in [-0.3, -0.25) is 23.5 Å². The highest BCUT2D eigenvalue weighted by Crippen LogP contribution is 2.48. The Hall–Kier alpha value is -6.03. The average molecular weight is 735 g/mol. The number of carbonyl (C=O) groups is 5. The summed E-state index contributed by atoms with van der Waals surface area (Å²) >= 11 is 0. The predicted octanol–water partition coefficient (Wildman–Crippen LogP) is 3.57. The quantitative estimate of drug-likeness (QED) is 0.0843. The molecule has 1 fully saturated rings. The van der Waals surface area contributed by atoms with Crippen LogP contribution < -0.4 is 14.9 Å². The summed E-state index contributed by atoms with van der Waals surface area (Å²) in [4.78, 5) is 62.5. The first-order chi connectivity index (χ1) is 24.6. The van der Waals surface area contributed by atoms with Crippen molar-refractivity contribution in [3.63, 3.8) is 0 Å². The maximum Gasteiger partial charge on any atom is 0.376 e. The second kappa shape index (κ2) is 15.1. The molecular weight excluding hydrogens is 699 g/mol. The van der Waals surface area contributed by atoms with E-state index in [1.54, 1.807) is 12.1 Å². The van der Waals surface area contributed by atoms with Crippen LogP contribution in [0.25, 0.3) is 28.1 Å². The summed E-state index contributed by atoms with van der Waals surface area (Å²) in [6, 6.07) is 14.6. The van der Waals surface area contributed by atoms with Crippen molar-refractivity contribution in [3.8, 4) is 11.3 Å². The number of furan rings is 1. The van der Waals surface area contributed by atoms with E-state index in [1.165, 1.54) is 62.6 Å². The molecule has 1 saturated carbocycles. The van der Waals surface area contributed by atoms with Gasteiger partial charge in [0.2, 0.25) is 21.8 Å². The Morgan fingerprint density at radius 2 is 1.69 bits per heavy atom. The maximum atomic E-state index is 13.7. The number of carbonyl (C=O) groups excluding carboxylic acids is 4. The molecule has 3 amide bonds. The molecule has 3 aromatic carbocycles. The number of fused-ring (bicyclic) bond motifs is 1. The summed E-state index contributed by atoms with van der Waals surface area (Å²) in [5.74, 6) is -5.72. The van der Waals surface area contributed by atoms with E-state index >= 15 is 0 Å². The van der Waals surface area contributed by atoms with Gasteiger partial charge in [-0.1, -0.05) is 18.2 Å². The van der Waals surface area contributed by atoms with Crippen molar-refractivity contribution in [2.45, 2.75) is 25.3 Å². The lowest BCUT2D eigenvalue weighted by molar-refractivity contribution is -0.146. The van der Waals surface area contributed by atoms with Gasteiger partial charge in [0.1, 0.15) is 29.5 Å². The molecule has 1 heterocycles. The van der Waals surface area contributed by atoms with Crippen LogP contribution in [0.2, 0.25) is 0 Å². The van der Waals surface area contributed by atoms with Crippen LogP contribution in [0.3, 0.4) is 0 Å². The number of amides is 3. The first-order valence-corrected chi connectivity index (χ1v) is 17.8. The van der Waals surface area contributed by atoms with Gasteiger partial charge in [-0.05, 0) is 66.3 Å². The van der Waals surface area contributed by atoms with Gasteiger partial charge in [0.15, 0.2) is 0 Å². The van der Waals surface area contributed by atoms with Crippen LogP contribution in [-0.4, -0.2) is 86.4 Å². The van der Waals surface area contributed by atoms with Gasteiger partial charge in [0, 0.05) is 49.3 Å². The molecule has 5 rings (SSSR count). The maximum absolute atomic E-state index is 13.7. The van der Waals surface area contributed by atoms with Crippen LogP contribution in [0.5, 0.6) is 0 Å². The highest BCUT2D eigenvalue weighted by molar-refractivity contribution is 7.92. The first-order valence-electron chi connectivity index (χ1n) is 15.9. The number of aliphatic carboxylic acids is 1. The lowest BCUT2D eigenvalue weighted by atomic mass is 10.0. The van der Waals surface area contributed by atoms with E-state index in [0.717, 1.165) is 28.3 Å². The zero-order chi connectivity index (χ0) is 37.9. The van der Waals surface area contributed by atoms with E-state index in [-0.39, 0.29) is 40.6 Å². The number of ketones is 1. The lowest BCUT2D eigenvalue weighted by Crippen LogP contribution is -2.44. The van der Waals surface area contributed by atoms with Crippen LogP contribution in [0.15, 0.2) is 71.2 Å². The van der Waals surface area contributed by atoms with Gasteiger partial charge >= 0.3 is 5.97 Å². The molecule has 0 radical (unpaired) electrons. The minimum absolute atomic E-state index is 0.0440. The van der Waals surface area contributed by atoms with Crippen molar-refractivity contribution in [1.82, 2.24) is 15.5 Å². The van der Waals surface area contributed by atoms with Gasteiger partial charge in [0.05, 0.1) is 24.1 Å².